The van der Waals surface area contributed by atoms with Gasteiger partial charge in [0.2, 0.25) is 0 Å². The quantitative estimate of drug-likeness (QED) is 0.777. The molecule has 82 valence electrons. The average Bonchev–Trinajstić information content (AvgIpc) is 2.31. The molecule has 1 heterocycles. The van der Waals surface area contributed by atoms with E-state index in [1.807, 2.05) is 18.2 Å². The fraction of sp³-hybridized carbons (Fsp3) is 0.500. The minimum absolute atomic E-state index is 0.0797. The Morgan fingerprint density at radius 3 is 2.87 bits per heavy atom. The molecule has 2 unspecified atom stereocenters. The Bertz CT molecular complexity index is 283. The molecule has 1 fully saturated rings. The lowest BCUT2D eigenvalue weighted by atomic mass is 10.0. The highest BCUT2D eigenvalue weighted by molar-refractivity contribution is 5.18. The smallest absolute Gasteiger partial charge is 0.0718 e. The topological polar surface area (TPSA) is 47.3 Å². The second-order valence-electron chi connectivity index (χ2n) is 3.95. The van der Waals surface area contributed by atoms with Crippen LogP contribution in [0.3, 0.4) is 0 Å². The molecule has 3 nitrogen and oxygen atoms in total. The largest absolute Gasteiger partial charge is 0.376 e. The zero-order chi connectivity index (χ0) is 10.5. The summed E-state index contributed by atoms with van der Waals surface area (Å²) < 4.78 is 5.63. The Morgan fingerprint density at radius 1 is 1.40 bits per heavy atom. The number of ether oxygens (including phenoxy) is 1. The molecule has 0 aliphatic carbocycles. The van der Waals surface area contributed by atoms with E-state index >= 15 is 0 Å². The van der Waals surface area contributed by atoms with Crippen LogP contribution in [-0.4, -0.2) is 25.8 Å². The van der Waals surface area contributed by atoms with Gasteiger partial charge in [0.05, 0.1) is 12.7 Å². The average molecular weight is 206 g/mol. The van der Waals surface area contributed by atoms with E-state index in [0.29, 0.717) is 0 Å². The number of rotatable bonds is 3. The van der Waals surface area contributed by atoms with Gasteiger partial charge in [-0.15, -0.1) is 0 Å². The predicted molar refractivity (Wildman–Crippen MR) is 60.6 cm³/mol. The van der Waals surface area contributed by atoms with Gasteiger partial charge < -0.3 is 15.8 Å². The molecule has 1 aromatic carbocycles. The van der Waals surface area contributed by atoms with Crippen LogP contribution in [-0.2, 0) is 4.74 Å². The Morgan fingerprint density at radius 2 is 2.20 bits per heavy atom. The predicted octanol–water partition coefficient (Wildman–Crippen LogP) is 1.06. The molecule has 1 aromatic rings. The van der Waals surface area contributed by atoms with Crippen molar-refractivity contribution in [3.8, 4) is 0 Å². The molecule has 0 spiro atoms. The number of morpholine rings is 1. The first kappa shape index (κ1) is 10.6. The molecule has 2 rings (SSSR count). The van der Waals surface area contributed by atoms with Crippen LogP contribution >= 0.6 is 0 Å². The number of nitrogens with one attached hydrogen (secondary N) is 1. The summed E-state index contributed by atoms with van der Waals surface area (Å²) in [6.45, 7) is 2.67. The molecule has 0 amide bonds. The molecule has 0 aromatic heterocycles. The van der Waals surface area contributed by atoms with Gasteiger partial charge in [0.15, 0.2) is 0 Å². The van der Waals surface area contributed by atoms with Gasteiger partial charge in [0.1, 0.15) is 0 Å². The van der Waals surface area contributed by atoms with Gasteiger partial charge in [0.25, 0.3) is 0 Å². The normalized spacial score (nSPS) is 23.7. The van der Waals surface area contributed by atoms with Crippen LogP contribution in [0.4, 0.5) is 0 Å². The summed E-state index contributed by atoms with van der Waals surface area (Å²) in [4.78, 5) is 0. The van der Waals surface area contributed by atoms with Crippen LogP contribution in [0.25, 0.3) is 0 Å². The molecule has 15 heavy (non-hydrogen) atoms. The Labute approximate surface area is 90.6 Å². The summed E-state index contributed by atoms with van der Waals surface area (Å²) in [5.41, 5.74) is 7.30. The molecule has 3 N–H and O–H groups in total. The van der Waals surface area contributed by atoms with Crippen molar-refractivity contribution in [2.24, 2.45) is 5.73 Å². The standard InChI is InChI=1S/C12H18N2O/c13-12(10-4-2-1-3-5-10)8-11-9-14-6-7-15-11/h1-5,11-12,14H,6-9,13H2. The number of hydrogen-bond acceptors (Lipinski definition) is 3. The fourth-order valence-electron chi connectivity index (χ4n) is 1.89. The van der Waals surface area contributed by atoms with Crippen molar-refractivity contribution in [3.05, 3.63) is 35.9 Å². The van der Waals surface area contributed by atoms with E-state index in [-0.39, 0.29) is 12.1 Å². The molecule has 0 saturated carbocycles. The molecule has 0 radical (unpaired) electrons. The van der Waals surface area contributed by atoms with Gasteiger partial charge in [-0.1, -0.05) is 30.3 Å². The Balaban J connectivity index is 1.88. The second kappa shape index (κ2) is 5.26. The molecular formula is C12H18N2O. The van der Waals surface area contributed by atoms with Gasteiger partial charge >= 0.3 is 0 Å². The zero-order valence-corrected chi connectivity index (χ0v) is 8.86. The summed E-state index contributed by atoms with van der Waals surface area (Å²) in [5.74, 6) is 0. The van der Waals surface area contributed by atoms with Crippen molar-refractivity contribution in [2.75, 3.05) is 19.7 Å². The molecule has 0 bridgehead atoms. The van der Waals surface area contributed by atoms with Gasteiger partial charge in [-0.2, -0.15) is 0 Å². The van der Waals surface area contributed by atoms with E-state index in [1.165, 1.54) is 5.56 Å². The summed E-state index contributed by atoms with van der Waals surface area (Å²) in [6.07, 6.45) is 1.14. The molecule has 2 atom stereocenters. The van der Waals surface area contributed by atoms with E-state index in [2.05, 4.69) is 17.4 Å². The molecule has 3 heteroatoms. The minimum Gasteiger partial charge on any atom is -0.376 e. The van der Waals surface area contributed by atoms with Crippen molar-refractivity contribution in [1.82, 2.24) is 5.32 Å². The van der Waals surface area contributed by atoms with Gasteiger partial charge in [-0.05, 0) is 12.0 Å². The highest BCUT2D eigenvalue weighted by Crippen LogP contribution is 2.17. The number of hydrogen-bond donors (Lipinski definition) is 2. The highest BCUT2D eigenvalue weighted by Gasteiger charge is 2.17. The van der Waals surface area contributed by atoms with E-state index in [9.17, 15) is 0 Å². The van der Waals surface area contributed by atoms with Crippen molar-refractivity contribution >= 4 is 0 Å². The number of benzene rings is 1. The maximum Gasteiger partial charge on any atom is 0.0718 e. The van der Waals surface area contributed by atoms with Crippen molar-refractivity contribution < 1.29 is 4.74 Å². The first-order valence-electron chi connectivity index (χ1n) is 5.49. The van der Waals surface area contributed by atoms with Crippen LogP contribution < -0.4 is 11.1 Å². The van der Waals surface area contributed by atoms with Gasteiger partial charge in [-0.3, -0.25) is 0 Å². The van der Waals surface area contributed by atoms with Crippen LogP contribution in [0.15, 0.2) is 30.3 Å². The third-order valence-electron chi connectivity index (χ3n) is 2.75. The second-order valence-corrected chi connectivity index (χ2v) is 3.95. The third-order valence-corrected chi connectivity index (χ3v) is 2.75. The van der Waals surface area contributed by atoms with Crippen LogP contribution in [0, 0.1) is 0 Å². The maximum absolute atomic E-state index is 6.12. The van der Waals surface area contributed by atoms with Crippen LogP contribution in [0.1, 0.15) is 18.0 Å². The van der Waals surface area contributed by atoms with Crippen molar-refractivity contribution in [2.45, 2.75) is 18.6 Å². The Hall–Kier alpha value is -0.900. The first-order chi connectivity index (χ1) is 7.36. The Kier molecular flexibility index (Phi) is 3.72. The lowest BCUT2D eigenvalue weighted by Gasteiger charge is -2.26. The van der Waals surface area contributed by atoms with Crippen LogP contribution in [0.5, 0.6) is 0 Å². The van der Waals surface area contributed by atoms with E-state index in [1.54, 1.807) is 0 Å². The maximum atomic E-state index is 6.12. The summed E-state index contributed by atoms with van der Waals surface area (Å²) >= 11 is 0. The van der Waals surface area contributed by atoms with Gasteiger partial charge in [-0.25, -0.2) is 0 Å². The monoisotopic (exact) mass is 206 g/mol. The zero-order valence-electron chi connectivity index (χ0n) is 8.86. The van der Waals surface area contributed by atoms with E-state index in [0.717, 1.165) is 26.1 Å². The molecular weight excluding hydrogens is 188 g/mol. The fourth-order valence-corrected chi connectivity index (χ4v) is 1.89. The van der Waals surface area contributed by atoms with Crippen molar-refractivity contribution in [3.63, 3.8) is 0 Å². The first-order valence-corrected chi connectivity index (χ1v) is 5.49. The third kappa shape index (κ3) is 3.02. The van der Waals surface area contributed by atoms with Crippen LogP contribution in [0.2, 0.25) is 0 Å². The summed E-state index contributed by atoms with van der Waals surface area (Å²) in [5, 5.41) is 3.31. The summed E-state index contributed by atoms with van der Waals surface area (Å²) in [7, 11) is 0. The molecule has 1 aliphatic rings. The minimum atomic E-state index is 0.0797. The number of nitrogens with two attached hydrogens (primary N) is 1. The molecule has 1 aliphatic heterocycles. The lowest BCUT2D eigenvalue weighted by molar-refractivity contribution is 0.0195. The lowest BCUT2D eigenvalue weighted by Crippen LogP contribution is -2.40. The van der Waals surface area contributed by atoms with Crippen molar-refractivity contribution in [1.29, 1.82) is 0 Å². The van der Waals surface area contributed by atoms with E-state index in [4.69, 9.17) is 10.5 Å². The highest BCUT2D eigenvalue weighted by atomic mass is 16.5. The molecule has 1 saturated heterocycles. The SMILES string of the molecule is NC(CC1CNCCO1)c1ccccc1. The van der Waals surface area contributed by atoms with E-state index < -0.39 is 0 Å². The summed E-state index contributed by atoms with van der Waals surface area (Å²) in [6, 6.07) is 10.3. The van der Waals surface area contributed by atoms with Gasteiger partial charge in [0, 0.05) is 19.1 Å².